The van der Waals surface area contributed by atoms with Crippen LogP contribution in [0, 0.1) is 11.8 Å². The highest BCUT2D eigenvalue weighted by Crippen LogP contribution is 2.15. The summed E-state index contributed by atoms with van der Waals surface area (Å²) in [6.07, 6.45) is 0. The van der Waals surface area contributed by atoms with Crippen LogP contribution in [0.4, 0.5) is 11.4 Å². The molecule has 0 fully saturated rings. The van der Waals surface area contributed by atoms with Gasteiger partial charge >= 0.3 is 0 Å². The first-order chi connectivity index (χ1) is 11.2. The first-order valence-electron chi connectivity index (χ1n) is 7.94. The van der Waals surface area contributed by atoms with Crippen molar-refractivity contribution in [3.05, 3.63) is 24.3 Å². The summed E-state index contributed by atoms with van der Waals surface area (Å²) in [5.74, 6) is -0.976. The van der Waals surface area contributed by atoms with E-state index in [1.807, 2.05) is 13.8 Å². The average molecular weight is 371 g/mol. The highest BCUT2D eigenvalue weighted by Gasteiger charge is 2.17. The Labute approximate surface area is 154 Å². The molecule has 0 aliphatic rings. The van der Waals surface area contributed by atoms with Gasteiger partial charge < -0.3 is 21.7 Å². The zero-order valence-electron chi connectivity index (χ0n) is 15.0. The van der Waals surface area contributed by atoms with Crippen molar-refractivity contribution in [2.45, 2.75) is 33.7 Å². The van der Waals surface area contributed by atoms with Crippen LogP contribution >= 0.6 is 12.4 Å². The smallest absolute Gasteiger partial charge is 0.243 e. The molecule has 0 bridgehead atoms. The van der Waals surface area contributed by atoms with Gasteiger partial charge in [0.1, 0.15) is 0 Å². The Kier molecular flexibility index (Phi) is 9.78. The number of nitrogens with one attached hydrogen (secondary N) is 3. The predicted octanol–water partition coefficient (Wildman–Crippen LogP) is 1.74. The molecule has 3 amide bonds. The van der Waals surface area contributed by atoms with Crippen molar-refractivity contribution in [2.24, 2.45) is 17.6 Å². The third-order valence-electron chi connectivity index (χ3n) is 3.38. The summed E-state index contributed by atoms with van der Waals surface area (Å²) in [5, 5.41) is 7.92. The average Bonchev–Trinajstić information content (AvgIpc) is 2.51. The first-order valence-corrected chi connectivity index (χ1v) is 7.94. The van der Waals surface area contributed by atoms with E-state index in [0.29, 0.717) is 11.4 Å². The van der Waals surface area contributed by atoms with Crippen LogP contribution in [0.5, 0.6) is 0 Å². The summed E-state index contributed by atoms with van der Waals surface area (Å²) in [6, 6.07) is 6.16. The third kappa shape index (κ3) is 8.00. The van der Waals surface area contributed by atoms with Crippen LogP contribution in [-0.2, 0) is 14.4 Å². The lowest BCUT2D eigenvalue weighted by atomic mass is 10.1. The van der Waals surface area contributed by atoms with Crippen molar-refractivity contribution in [3.8, 4) is 0 Å². The molecule has 0 radical (unpaired) electrons. The Morgan fingerprint density at radius 3 is 2.08 bits per heavy atom. The Hall–Kier alpha value is -2.12. The predicted molar refractivity (Wildman–Crippen MR) is 102 cm³/mol. The third-order valence-corrected chi connectivity index (χ3v) is 3.38. The summed E-state index contributed by atoms with van der Waals surface area (Å²) in [5.41, 5.74) is 6.83. The van der Waals surface area contributed by atoms with E-state index in [4.69, 9.17) is 5.73 Å². The fraction of sp³-hybridized carbons (Fsp3) is 0.471. The molecule has 1 aromatic carbocycles. The zero-order valence-corrected chi connectivity index (χ0v) is 15.8. The Balaban J connectivity index is 0.00000576. The van der Waals surface area contributed by atoms with Crippen molar-refractivity contribution < 1.29 is 14.4 Å². The molecule has 7 nitrogen and oxygen atoms in total. The molecule has 1 aromatic rings. The molecule has 1 atom stereocenters. The van der Waals surface area contributed by atoms with E-state index in [-0.39, 0.29) is 48.5 Å². The molecule has 0 aromatic heterocycles. The standard InChI is InChI=1S/C17H26N4O3.ClH/c1-10(2)15(18)17(24)19-9-14(22)20-12-6-5-7-13(8-12)21-16(23)11(3)4;/h5-8,10-11,15H,9,18H2,1-4H3,(H,19,24)(H,20,22)(H,21,23);1H/t15-;/m0./s1. The number of rotatable bonds is 7. The summed E-state index contributed by atoms with van der Waals surface area (Å²) < 4.78 is 0. The highest BCUT2D eigenvalue weighted by atomic mass is 35.5. The van der Waals surface area contributed by atoms with Gasteiger partial charge in [-0.15, -0.1) is 12.4 Å². The highest BCUT2D eigenvalue weighted by molar-refractivity contribution is 5.97. The SMILES string of the molecule is CC(C)C(=O)Nc1cccc(NC(=O)CNC(=O)[C@@H](N)C(C)C)c1.Cl. The number of nitrogens with two attached hydrogens (primary N) is 1. The van der Waals surface area contributed by atoms with Crippen LogP contribution in [0.1, 0.15) is 27.7 Å². The maximum Gasteiger partial charge on any atom is 0.243 e. The minimum atomic E-state index is -0.646. The van der Waals surface area contributed by atoms with Crippen molar-refractivity contribution in [1.82, 2.24) is 5.32 Å². The molecule has 0 saturated heterocycles. The number of carbonyl (C=O) groups is 3. The maximum atomic E-state index is 11.9. The summed E-state index contributed by atoms with van der Waals surface area (Å²) in [7, 11) is 0. The van der Waals surface area contributed by atoms with Crippen LogP contribution in [-0.4, -0.2) is 30.3 Å². The van der Waals surface area contributed by atoms with Crippen LogP contribution in [0.3, 0.4) is 0 Å². The first kappa shape index (κ1) is 22.9. The minimum absolute atomic E-state index is 0. The van der Waals surface area contributed by atoms with E-state index in [1.165, 1.54) is 0 Å². The molecule has 0 aliphatic carbocycles. The van der Waals surface area contributed by atoms with Crippen molar-refractivity contribution in [3.63, 3.8) is 0 Å². The van der Waals surface area contributed by atoms with E-state index in [1.54, 1.807) is 38.1 Å². The number of halogens is 1. The monoisotopic (exact) mass is 370 g/mol. The molecule has 0 aliphatic heterocycles. The van der Waals surface area contributed by atoms with Crippen molar-refractivity contribution >= 4 is 41.5 Å². The summed E-state index contributed by atoms with van der Waals surface area (Å²) in [4.78, 5) is 35.3. The Bertz CT molecular complexity index is 605. The maximum absolute atomic E-state index is 11.9. The quantitative estimate of drug-likeness (QED) is 0.585. The molecular formula is C17H27ClN4O3. The lowest BCUT2D eigenvalue weighted by Gasteiger charge is -2.15. The normalized spacial score (nSPS) is 11.5. The van der Waals surface area contributed by atoms with Crippen LogP contribution in [0.2, 0.25) is 0 Å². The molecule has 0 heterocycles. The number of carbonyl (C=O) groups excluding carboxylic acids is 3. The van der Waals surface area contributed by atoms with Gasteiger partial charge in [-0.3, -0.25) is 14.4 Å². The van der Waals surface area contributed by atoms with Crippen LogP contribution in [0.25, 0.3) is 0 Å². The van der Waals surface area contributed by atoms with Gasteiger partial charge in [0, 0.05) is 17.3 Å². The van der Waals surface area contributed by atoms with Crippen LogP contribution < -0.4 is 21.7 Å². The molecule has 0 saturated carbocycles. The number of anilines is 2. The van der Waals surface area contributed by atoms with Crippen molar-refractivity contribution in [2.75, 3.05) is 17.2 Å². The molecule has 25 heavy (non-hydrogen) atoms. The second-order valence-corrected chi connectivity index (χ2v) is 6.26. The topological polar surface area (TPSA) is 113 Å². The summed E-state index contributed by atoms with van der Waals surface area (Å²) >= 11 is 0. The molecule has 140 valence electrons. The largest absolute Gasteiger partial charge is 0.346 e. The number of amides is 3. The number of hydrogen-bond acceptors (Lipinski definition) is 4. The molecule has 0 unspecified atom stereocenters. The zero-order chi connectivity index (χ0) is 18.3. The van der Waals surface area contributed by atoms with Gasteiger partial charge in [0.2, 0.25) is 17.7 Å². The van der Waals surface area contributed by atoms with Crippen LogP contribution in [0.15, 0.2) is 24.3 Å². The molecule has 1 rings (SSSR count). The Morgan fingerprint density at radius 2 is 1.56 bits per heavy atom. The van der Waals surface area contributed by atoms with Gasteiger partial charge in [0.25, 0.3) is 0 Å². The van der Waals surface area contributed by atoms with Gasteiger partial charge in [-0.2, -0.15) is 0 Å². The Morgan fingerprint density at radius 1 is 1.00 bits per heavy atom. The second-order valence-electron chi connectivity index (χ2n) is 6.26. The van der Waals surface area contributed by atoms with Gasteiger partial charge in [-0.25, -0.2) is 0 Å². The summed E-state index contributed by atoms with van der Waals surface area (Å²) in [6.45, 7) is 7.10. The molecule has 0 spiro atoms. The fourth-order valence-electron chi connectivity index (χ4n) is 1.75. The van der Waals surface area contributed by atoms with E-state index in [9.17, 15) is 14.4 Å². The van der Waals surface area contributed by atoms with Gasteiger partial charge in [-0.1, -0.05) is 33.8 Å². The van der Waals surface area contributed by atoms with E-state index < -0.39 is 6.04 Å². The minimum Gasteiger partial charge on any atom is -0.346 e. The fourth-order valence-corrected chi connectivity index (χ4v) is 1.75. The lowest BCUT2D eigenvalue weighted by Crippen LogP contribution is -2.46. The van der Waals surface area contributed by atoms with E-state index in [0.717, 1.165) is 0 Å². The lowest BCUT2D eigenvalue weighted by molar-refractivity contribution is -0.125. The molecule has 8 heteroatoms. The van der Waals surface area contributed by atoms with Gasteiger partial charge in [-0.05, 0) is 24.1 Å². The molecule has 5 N–H and O–H groups in total. The van der Waals surface area contributed by atoms with E-state index in [2.05, 4.69) is 16.0 Å². The number of hydrogen-bond donors (Lipinski definition) is 4. The van der Waals surface area contributed by atoms with Gasteiger partial charge in [0.15, 0.2) is 0 Å². The second kappa shape index (κ2) is 10.7. The van der Waals surface area contributed by atoms with E-state index >= 15 is 0 Å². The number of benzene rings is 1. The van der Waals surface area contributed by atoms with Gasteiger partial charge in [0.05, 0.1) is 12.6 Å². The molecular weight excluding hydrogens is 344 g/mol. The van der Waals surface area contributed by atoms with Crippen molar-refractivity contribution in [1.29, 1.82) is 0 Å².